The molecule has 6 aliphatic carbocycles. The monoisotopic (exact) mass is 1080 g/mol. The number of rotatable bonds is 10. The molecule has 0 saturated carbocycles. The quantitative estimate of drug-likeness (QED) is 0.128. The molecule has 0 N–H and O–H groups in total. The van der Waals surface area contributed by atoms with Gasteiger partial charge in [0.2, 0.25) is 0 Å². The Hall–Kier alpha value is -9.36. The van der Waals surface area contributed by atoms with Gasteiger partial charge in [-0.1, -0.05) is 305 Å². The molecule has 0 atom stereocenters. The Morgan fingerprint density at radius 1 is 0.153 bits per heavy atom. The summed E-state index contributed by atoms with van der Waals surface area (Å²) in [6.07, 6.45) is 4.39. The van der Waals surface area contributed by atoms with Gasteiger partial charge in [0.25, 0.3) is 0 Å². The first-order chi connectivity index (χ1) is 41.8. The number of benzene rings is 12. The summed E-state index contributed by atoms with van der Waals surface area (Å²) < 4.78 is 0. The first-order valence-electron chi connectivity index (χ1n) is 31.0. The highest BCUT2D eigenvalue weighted by Gasteiger charge is 2.63. The minimum absolute atomic E-state index is 0.328. The second-order valence-electron chi connectivity index (χ2n) is 26.4. The Morgan fingerprint density at radius 2 is 0.271 bits per heavy atom. The molecule has 18 rings (SSSR count). The van der Waals surface area contributed by atoms with E-state index >= 15 is 0 Å². The van der Waals surface area contributed by atoms with Gasteiger partial charge in [-0.15, -0.1) is 0 Å². The van der Waals surface area contributed by atoms with E-state index in [0.29, 0.717) is 0 Å². The van der Waals surface area contributed by atoms with Crippen molar-refractivity contribution in [1.82, 2.24) is 0 Å². The molecule has 0 aromatic heterocycles. The molecule has 0 heterocycles. The first-order valence-corrected chi connectivity index (χ1v) is 31.0. The van der Waals surface area contributed by atoms with Crippen LogP contribution in [0.5, 0.6) is 0 Å². The summed E-state index contributed by atoms with van der Waals surface area (Å²) in [5, 5.41) is 0. The van der Waals surface area contributed by atoms with Gasteiger partial charge < -0.3 is 0 Å². The molecule has 0 heteroatoms. The molecule has 6 aliphatic rings. The van der Waals surface area contributed by atoms with Crippen molar-refractivity contribution < 1.29 is 0 Å². The van der Waals surface area contributed by atoms with Crippen molar-refractivity contribution in [1.29, 1.82) is 0 Å². The minimum atomic E-state index is -0.536. The van der Waals surface area contributed by atoms with Crippen LogP contribution in [0.3, 0.4) is 0 Å². The Labute approximate surface area is 500 Å². The first kappa shape index (κ1) is 49.1. The van der Waals surface area contributed by atoms with Crippen molar-refractivity contribution >= 4 is 0 Å². The van der Waals surface area contributed by atoms with E-state index in [1.54, 1.807) is 0 Å². The molecule has 0 aliphatic heterocycles. The lowest BCUT2D eigenvalue weighted by molar-refractivity contribution is 0.223. The third-order valence-electron chi connectivity index (χ3n) is 22.5. The van der Waals surface area contributed by atoms with E-state index in [9.17, 15) is 0 Å². The number of fused-ring (bicyclic) bond motifs is 18. The van der Waals surface area contributed by atoms with Gasteiger partial charge >= 0.3 is 0 Å². The van der Waals surface area contributed by atoms with E-state index in [1.807, 2.05) is 0 Å². The average molecular weight is 1090 g/mol. The molecule has 12 aromatic carbocycles. The van der Waals surface area contributed by atoms with Crippen LogP contribution < -0.4 is 0 Å². The van der Waals surface area contributed by atoms with Gasteiger partial charge in [-0.2, -0.15) is 0 Å². The second-order valence-corrected chi connectivity index (χ2v) is 26.4. The van der Waals surface area contributed by atoms with Crippen LogP contribution in [0.4, 0.5) is 0 Å². The highest BCUT2D eigenvalue weighted by Crippen LogP contribution is 2.71. The Kier molecular flexibility index (Phi) is 10.2. The normalized spacial score (nSPS) is 17.2. The van der Waals surface area contributed by atoms with Gasteiger partial charge in [0.1, 0.15) is 0 Å². The standard InChI is InChI=1S/C85H64/c1-80(68-39-15-3-27-56(68)57-28-4-16-40-69(57)80)51-82(72-43-19-7-31-60(72)61-32-8-20-44-73(61)82)53-84(76-47-23-11-35-64(76)65-36-12-24-48-77(65)84)55-85(78-49-25-13-37-66(78)67-38-14-26-50-79(67)85)54-83(74-45-21-9-33-62(74)63-34-10-22-46-75(63)83)52-81(2)70-41-17-5-29-58(70)59-30-6-18-42-71(59)81/h3-50H,51-55H2,1-2H3. The maximum atomic E-state index is 2.59. The predicted molar refractivity (Wildman–Crippen MR) is 350 cm³/mol. The van der Waals surface area contributed by atoms with Crippen molar-refractivity contribution in [2.45, 2.75) is 78.4 Å². The lowest BCUT2D eigenvalue weighted by atomic mass is 9.50. The molecule has 85 heavy (non-hydrogen) atoms. The Morgan fingerprint density at radius 3 is 0.435 bits per heavy atom. The molecular formula is C85H64. The molecule has 404 valence electrons. The second kappa shape index (κ2) is 17.6. The molecule has 0 nitrogen and oxygen atoms in total. The van der Waals surface area contributed by atoms with E-state index in [2.05, 4.69) is 305 Å². The van der Waals surface area contributed by atoms with Crippen molar-refractivity contribution in [3.8, 4) is 66.8 Å². The zero-order valence-electron chi connectivity index (χ0n) is 48.2. The maximum Gasteiger partial charge on any atom is 0.0238 e. The third-order valence-corrected chi connectivity index (χ3v) is 22.5. The van der Waals surface area contributed by atoms with Crippen LogP contribution in [0.15, 0.2) is 291 Å². The van der Waals surface area contributed by atoms with E-state index in [4.69, 9.17) is 0 Å². The zero-order chi connectivity index (χ0) is 56.3. The molecule has 0 amide bonds. The van der Waals surface area contributed by atoms with Crippen LogP contribution in [0.2, 0.25) is 0 Å². The fourth-order valence-corrected chi connectivity index (χ4v) is 19.7. The van der Waals surface area contributed by atoms with Crippen LogP contribution in [-0.4, -0.2) is 0 Å². The zero-order valence-corrected chi connectivity index (χ0v) is 48.2. The minimum Gasteiger partial charge on any atom is -0.0619 e. The van der Waals surface area contributed by atoms with Crippen LogP contribution in [0.25, 0.3) is 66.8 Å². The fourth-order valence-electron chi connectivity index (χ4n) is 19.7. The molecular weight excluding hydrogens is 1020 g/mol. The van der Waals surface area contributed by atoms with Gasteiger partial charge in [0.05, 0.1) is 0 Å². The number of hydrogen-bond acceptors (Lipinski definition) is 0. The molecule has 12 aromatic rings. The summed E-state index contributed by atoms with van der Waals surface area (Å²) in [5.74, 6) is 0. The largest absolute Gasteiger partial charge is 0.0619 e. The van der Waals surface area contributed by atoms with Gasteiger partial charge in [-0.25, -0.2) is 0 Å². The highest BCUT2D eigenvalue weighted by atomic mass is 14.6. The maximum absolute atomic E-state index is 2.59. The van der Waals surface area contributed by atoms with E-state index < -0.39 is 21.7 Å². The summed E-state index contributed by atoms with van der Waals surface area (Å²) in [7, 11) is 0. The highest BCUT2D eigenvalue weighted by molar-refractivity contribution is 5.90. The SMILES string of the molecule is CC1(CC2(CC3(CC4(CC5(CC6(C)c7ccccc7-c7ccccc76)c6ccccc6-c6ccccc65)c5ccccc5-c5ccccc54)c4ccccc4-c4ccccc43)c3ccccc3-c3ccccc32)c2ccccc2-c2ccccc21. The van der Waals surface area contributed by atoms with E-state index in [-0.39, 0.29) is 10.8 Å². The Bertz CT molecular complexity index is 4200. The van der Waals surface area contributed by atoms with Crippen molar-refractivity contribution in [2.75, 3.05) is 0 Å². The molecule has 0 spiro atoms. The topological polar surface area (TPSA) is 0 Å². The van der Waals surface area contributed by atoms with Crippen molar-refractivity contribution in [2.24, 2.45) is 0 Å². The molecule has 0 unspecified atom stereocenters. The molecule has 0 bridgehead atoms. The summed E-state index contributed by atoms with van der Waals surface area (Å²) in [6, 6.07) is 114. The van der Waals surface area contributed by atoms with Gasteiger partial charge in [-0.05, 0) is 166 Å². The fraction of sp³-hybridized carbons (Fsp3) is 0.153. The van der Waals surface area contributed by atoms with Crippen LogP contribution in [-0.2, 0) is 32.5 Å². The van der Waals surface area contributed by atoms with Crippen LogP contribution in [0.1, 0.15) is 113 Å². The van der Waals surface area contributed by atoms with Gasteiger partial charge in [0, 0.05) is 32.5 Å². The molecule has 0 fully saturated rings. The summed E-state index contributed by atoms with van der Waals surface area (Å²) in [6.45, 7) is 5.19. The van der Waals surface area contributed by atoms with Crippen LogP contribution in [0, 0.1) is 0 Å². The number of hydrogen-bond donors (Lipinski definition) is 0. The van der Waals surface area contributed by atoms with Gasteiger partial charge in [-0.3, -0.25) is 0 Å². The third kappa shape index (κ3) is 6.37. The summed E-state index contributed by atoms with van der Waals surface area (Å²) >= 11 is 0. The van der Waals surface area contributed by atoms with E-state index in [0.717, 1.165) is 32.1 Å². The smallest absolute Gasteiger partial charge is 0.0238 e. The van der Waals surface area contributed by atoms with Crippen LogP contribution >= 0.6 is 0 Å². The predicted octanol–water partition coefficient (Wildman–Crippen LogP) is 20.8. The van der Waals surface area contributed by atoms with E-state index in [1.165, 1.54) is 134 Å². The molecule has 0 saturated heterocycles. The van der Waals surface area contributed by atoms with Crippen molar-refractivity contribution in [3.63, 3.8) is 0 Å². The Balaban J connectivity index is 0.951. The summed E-state index contributed by atoms with van der Waals surface area (Å²) in [4.78, 5) is 0. The molecule has 0 radical (unpaired) electrons. The van der Waals surface area contributed by atoms with Crippen molar-refractivity contribution in [3.05, 3.63) is 358 Å². The average Bonchev–Trinajstić information content (AvgIpc) is 1.62. The lowest BCUT2D eigenvalue weighted by Gasteiger charge is -2.52. The lowest BCUT2D eigenvalue weighted by Crippen LogP contribution is -2.48. The summed E-state index contributed by atoms with van der Waals surface area (Å²) in [5.41, 5.74) is 31.0. The van der Waals surface area contributed by atoms with Gasteiger partial charge in [0.15, 0.2) is 0 Å².